The molecule has 1 heteroatoms. The van der Waals surface area contributed by atoms with Gasteiger partial charge in [0.1, 0.15) is 0 Å². The van der Waals surface area contributed by atoms with Crippen LogP contribution in [0.1, 0.15) is 129 Å². The molecule has 28 heavy (non-hydrogen) atoms. The van der Waals surface area contributed by atoms with E-state index in [1.165, 1.54) is 127 Å². The van der Waals surface area contributed by atoms with Crippen molar-refractivity contribution in [3.8, 4) is 0 Å². The van der Waals surface area contributed by atoms with Gasteiger partial charge in [0, 0.05) is 12.2 Å². The Morgan fingerprint density at radius 1 is 0.500 bits per heavy atom. The number of rotatable bonds is 20. The molecule has 0 heterocycles. The third-order valence-corrected chi connectivity index (χ3v) is 5.90. The summed E-state index contributed by atoms with van der Waals surface area (Å²) in [6, 6.07) is 8.99. The minimum absolute atomic E-state index is 0.999. The van der Waals surface area contributed by atoms with Gasteiger partial charge in [-0.15, -0.1) is 0 Å². The lowest BCUT2D eigenvalue weighted by atomic mass is 10.0. The van der Waals surface area contributed by atoms with Crippen LogP contribution in [0.2, 0.25) is 0 Å². The minimum atomic E-state index is 0.999. The summed E-state index contributed by atoms with van der Waals surface area (Å²) >= 11 is 0. The van der Waals surface area contributed by atoms with E-state index in [4.69, 9.17) is 0 Å². The van der Waals surface area contributed by atoms with Crippen molar-refractivity contribution in [3.63, 3.8) is 0 Å². The Kier molecular flexibility index (Phi) is 17.3. The lowest BCUT2D eigenvalue weighted by molar-refractivity contribution is 0.527. The second-order valence-corrected chi connectivity index (χ2v) is 8.63. The first-order valence-corrected chi connectivity index (χ1v) is 12.7. The Bertz CT molecular complexity index is 422. The molecule has 162 valence electrons. The van der Waals surface area contributed by atoms with Crippen molar-refractivity contribution < 1.29 is 0 Å². The van der Waals surface area contributed by atoms with Gasteiger partial charge in [-0.2, -0.15) is 0 Å². The molecule has 0 bridgehead atoms. The molecule has 1 aromatic carbocycles. The molecule has 0 spiro atoms. The monoisotopic (exact) mass is 387 g/mol. The molecular weight excluding hydrogens is 338 g/mol. The van der Waals surface area contributed by atoms with Crippen molar-refractivity contribution in [2.45, 2.75) is 129 Å². The van der Waals surface area contributed by atoms with Gasteiger partial charge >= 0.3 is 0 Å². The van der Waals surface area contributed by atoms with Gasteiger partial charge in [0.25, 0.3) is 0 Å². The van der Waals surface area contributed by atoms with Crippen LogP contribution in [0.25, 0.3) is 0 Å². The molecule has 0 saturated heterocycles. The molecule has 1 rings (SSSR count). The maximum absolute atomic E-state index is 3.36. The normalized spacial score (nSPS) is 11.1. The average Bonchev–Trinajstić information content (AvgIpc) is 2.72. The van der Waals surface area contributed by atoms with Crippen molar-refractivity contribution in [3.05, 3.63) is 29.8 Å². The van der Waals surface area contributed by atoms with Crippen molar-refractivity contribution in [2.24, 2.45) is 0 Å². The van der Waals surface area contributed by atoms with E-state index in [0.29, 0.717) is 0 Å². The van der Waals surface area contributed by atoms with Gasteiger partial charge in [0.15, 0.2) is 0 Å². The molecule has 1 aromatic rings. The van der Waals surface area contributed by atoms with E-state index in [1.807, 2.05) is 0 Å². The predicted molar refractivity (Wildman–Crippen MR) is 128 cm³/mol. The number of hydrogen-bond donors (Lipinski definition) is 1. The topological polar surface area (TPSA) is 12.0 Å². The Balaban J connectivity index is 1.77. The Morgan fingerprint density at radius 3 is 1.29 bits per heavy atom. The van der Waals surface area contributed by atoms with Crippen LogP contribution in [0.5, 0.6) is 0 Å². The van der Waals surface area contributed by atoms with Crippen LogP contribution < -0.4 is 5.32 Å². The van der Waals surface area contributed by atoms with Crippen LogP contribution in [0.4, 0.5) is 5.69 Å². The van der Waals surface area contributed by atoms with Crippen LogP contribution in [-0.4, -0.2) is 6.54 Å². The fourth-order valence-corrected chi connectivity index (χ4v) is 4.05. The molecule has 0 aliphatic rings. The first-order valence-electron chi connectivity index (χ1n) is 12.7. The summed E-state index contributed by atoms with van der Waals surface area (Å²) in [6.45, 7) is 5.44. The van der Waals surface area contributed by atoms with E-state index in [2.05, 4.69) is 43.4 Å². The molecule has 0 atom stereocenters. The van der Waals surface area contributed by atoms with Gasteiger partial charge in [-0.25, -0.2) is 0 Å². The van der Waals surface area contributed by atoms with Crippen LogP contribution in [0.15, 0.2) is 24.3 Å². The first-order chi connectivity index (χ1) is 13.9. The average molecular weight is 388 g/mol. The molecule has 0 amide bonds. The molecular formula is C27H49N. The molecule has 0 radical (unpaired) electrons. The van der Waals surface area contributed by atoms with E-state index in [0.717, 1.165) is 6.54 Å². The maximum Gasteiger partial charge on any atom is 0.0340 e. The molecule has 0 aliphatic heterocycles. The second-order valence-electron chi connectivity index (χ2n) is 8.63. The quantitative estimate of drug-likeness (QED) is 0.220. The number of aryl methyl sites for hydroxylation is 1. The SMILES string of the molecule is CCCCCCCCCCCCCCCCCCCc1ccc(NCC)cc1. The van der Waals surface area contributed by atoms with Crippen molar-refractivity contribution >= 4 is 5.69 Å². The summed E-state index contributed by atoms with van der Waals surface area (Å²) in [7, 11) is 0. The summed E-state index contributed by atoms with van der Waals surface area (Å²) in [6.07, 6.45) is 25.8. The van der Waals surface area contributed by atoms with Gasteiger partial charge in [0.05, 0.1) is 0 Å². The summed E-state index contributed by atoms with van der Waals surface area (Å²) in [5, 5.41) is 3.36. The van der Waals surface area contributed by atoms with E-state index < -0.39 is 0 Å². The van der Waals surface area contributed by atoms with Gasteiger partial charge in [-0.05, 0) is 37.5 Å². The number of hydrogen-bond acceptors (Lipinski definition) is 1. The lowest BCUT2D eigenvalue weighted by Crippen LogP contribution is -1.96. The number of nitrogens with one attached hydrogen (secondary N) is 1. The number of anilines is 1. The number of unbranched alkanes of at least 4 members (excludes halogenated alkanes) is 16. The minimum Gasteiger partial charge on any atom is -0.385 e. The zero-order valence-corrected chi connectivity index (χ0v) is 19.2. The maximum atomic E-state index is 3.36. The Hall–Kier alpha value is -0.980. The lowest BCUT2D eigenvalue weighted by Gasteiger charge is -2.06. The third kappa shape index (κ3) is 15.0. The second kappa shape index (κ2) is 19.3. The largest absolute Gasteiger partial charge is 0.385 e. The third-order valence-electron chi connectivity index (χ3n) is 5.90. The molecule has 0 fully saturated rings. The smallest absolute Gasteiger partial charge is 0.0340 e. The molecule has 1 nitrogen and oxygen atoms in total. The molecule has 1 N–H and O–H groups in total. The van der Waals surface area contributed by atoms with Gasteiger partial charge < -0.3 is 5.32 Å². The number of benzene rings is 1. The summed E-state index contributed by atoms with van der Waals surface area (Å²) in [4.78, 5) is 0. The fraction of sp³-hybridized carbons (Fsp3) is 0.778. The van der Waals surface area contributed by atoms with Gasteiger partial charge in [0.2, 0.25) is 0 Å². The first kappa shape index (κ1) is 25.1. The summed E-state index contributed by atoms with van der Waals surface area (Å²) in [5.41, 5.74) is 2.73. The molecule has 0 unspecified atom stereocenters. The zero-order valence-electron chi connectivity index (χ0n) is 19.2. The van der Waals surface area contributed by atoms with Gasteiger partial charge in [-0.1, -0.05) is 122 Å². The van der Waals surface area contributed by atoms with Gasteiger partial charge in [-0.3, -0.25) is 0 Å². The molecule has 0 aromatic heterocycles. The highest BCUT2D eigenvalue weighted by molar-refractivity contribution is 5.44. The Morgan fingerprint density at radius 2 is 0.893 bits per heavy atom. The Labute approximate surface area is 177 Å². The van der Waals surface area contributed by atoms with E-state index in [1.54, 1.807) is 0 Å². The van der Waals surface area contributed by atoms with Crippen LogP contribution in [-0.2, 0) is 6.42 Å². The highest BCUT2D eigenvalue weighted by atomic mass is 14.8. The van der Waals surface area contributed by atoms with E-state index in [-0.39, 0.29) is 0 Å². The van der Waals surface area contributed by atoms with Crippen molar-refractivity contribution in [2.75, 3.05) is 11.9 Å². The zero-order chi connectivity index (χ0) is 20.1. The van der Waals surface area contributed by atoms with E-state index in [9.17, 15) is 0 Å². The van der Waals surface area contributed by atoms with Crippen LogP contribution in [0, 0.1) is 0 Å². The summed E-state index contributed by atoms with van der Waals surface area (Å²) < 4.78 is 0. The van der Waals surface area contributed by atoms with Crippen LogP contribution in [0.3, 0.4) is 0 Å². The highest BCUT2D eigenvalue weighted by Gasteiger charge is 1.97. The highest BCUT2D eigenvalue weighted by Crippen LogP contribution is 2.15. The summed E-state index contributed by atoms with van der Waals surface area (Å²) in [5.74, 6) is 0. The predicted octanol–water partition coefficient (Wildman–Crippen LogP) is 9.31. The molecule has 0 saturated carbocycles. The van der Waals surface area contributed by atoms with Crippen molar-refractivity contribution in [1.82, 2.24) is 0 Å². The molecule has 0 aliphatic carbocycles. The van der Waals surface area contributed by atoms with Crippen LogP contribution >= 0.6 is 0 Å². The fourth-order valence-electron chi connectivity index (χ4n) is 4.05. The van der Waals surface area contributed by atoms with E-state index >= 15 is 0 Å². The standard InChI is InChI=1S/C27H49N/c1-3-5-6-7-8-9-10-11-12-13-14-15-16-17-18-19-20-21-26-22-24-27(25-23-26)28-4-2/h22-25,28H,3-21H2,1-2H3. The van der Waals surface area contributed by atoms with Crippen molar-refractivity contribution in [1.29, 1.82) is 0 Å².